The Morgan fingerprint density at radius 1 is 1.17 bits per heavy atom. The van der Waals surface area contributed by atoms with E-state index in [1.54, 1.807) is 7.11 Å². The molecule has 1 aromatic carbocycles. The summed E-state index contributed by atoms with van der Waals surface area (Å²) in [6, 6.07) is 6.67. The third-order valence-electron chi connectivity index (χ3n) is 4.53. The van der Waals surface area contributed by atoms with Gasteiger partial charge in [0.2, 0.25) is 0 Å². The molecule has 0 aromatic heterocycles. The molecule has 0 saturated heterocycles. The SMILES string of the molecule is CCC/C=C(/CCN(CC)CC)c1c(C)cccc1CCOC. The van der Waals surface area contributed by atoms with Gasteiger partial charge in [-0.15, -0.1) is 0 Å². The van der Waals surface area contributed by atoms with Crippen LogP contribution in [-0.4, -0.2) is 38.3 Å². The summed E-state index contributed by atoms with van der Waals surface area (Å²) in [7, 11) is 1.78. The van der Waals surface area contributed by atoms with Gasteiger partial charge >= 0.3 is 0 Å². The third-order valence-corrected chi connectivity index (χ3v) is 4.53. The Balaban J connectivity index is 3.06. The van der Waals surface area contributed by atoms with Crippen LogP contribution in [0.1, 0.15) is 56.7 Å². The van der Waals surface area contributed by atoms with Gasteiger partial charge in [-0.3, -0.25) is 0 Å². The maximum atomic E-state index is 5.31. The minimum Gasteiger partial charge on any atom is -0.384 e. The molecule has 0 fully saturated rings. The number of allylic oxidation sites excluding steroid dienone is 1. The lowest BCUT2D eigenvalue weighted by molar-refractivity contribution is 0.202. The first-order chi connectivity index (χ1) is 11.2. The van der Waals surface area contributed by atoms with E-state index < -0.39 is 0 Å². The zero-order valence-corrected chi connectivity index (χ0v) is 15.8. The number of nitrogens with zero attached hydrogens (tertiary/aromatic N) is 1. The van der Waals surface area contributed by atoms with E-state index in [1.807, 2.05) is 0 Å². The van der Waals surface area contributed by atoms with Crippen LogP contribution in [0.25, 0.3) is 5.57 Å². The molecular formula is C21H35NO. The van der Waals surface area contributed by atoms with Crippen LogP contribution in [0.15, 0.2) is 24.3 Å². The lowest BCUT2D eigenvalue weighted by Crippen LogP contribution is -2.24. The van der Waals surface area contributed by atoms with E-state index in [9.17, 15) is 0 Å². The second kappa shape index (κ2) is 11.4. The largest absolute Gasteiger partial charge is 0.384 e. The minimum absolute atomic E-state index is 0.785. The molecule has 23 heavy (non-hydrogen) atoms. The molecule has 0 heterocycles. The second-order valence-corrected chi connectivity index (χ2v) is 6.15. The van der Waals surface area contributed by atoms with Crippen molar-refractivity contribution in [2.45, 2.75) is 53.4 Å². The highest BCUT2D eigenvalue weighted by Crippen LogP contribution is 2.27. The Labute approximate surface area is 143 Å². The minimum atomic E-state index is 0.785. The summed E-state index contributed by atoms with van der Waals surface area (Å²) in [6.07, 6.45) is 6.94. The first kappa shape index (κ1) is 19.9. The molecule has 0 aliphatic heterocycles. The van der Waals surface area contributed by atoms with Crippen LogP contribution in [0.4, 0.5) is 0 Å². The highest BCUT2D eigenvalue weighted by atomic mass is 16.5. The molecule has 130 valence electrons. The fraction of sp³-hybridized carbons (Fsp3) is 0.619. The Bertz CT molecular complexity index is 475. The molecule has 0 aliphatic carbocycles. The van der Waals surface area contributed by atoms with Crippen molar-refractivity contribution in [1.82, 2.24) is 4.90 Å². The summed E-state index contributed by atoms with van der Waals surface area (Å²) in [4.78, 5) is 2.51. The molecule has 0 bridgehead atoms. The number of unbranched alkanes of at least 4 members (excludes halogenated alkanes) is 1. The molecule has 0 saturated carbocycles. The van der Waals surface area contributed by atoms with Crippen LogP contribution in [0.5, 0.6) is 0 Å². The van der Waals surface area contributed by atoms with E-state index in [4.69, 9.17) is 4.74 Å². The standard InChI is InChI=1S/C21H35NO/c1-6-9-12-19(14-16-22(7-2)8-3)21-18(4)11-10-13-20(21)15-17-23-5/h10-13H,6-9,14-17H2,1-5H3/b19-12-. The number of methoxy groups -OCH3 is 1. The van der Waals surface area contributed by atoms with E-state index in [0.717, 1.165) is 45.5 Å². The molecule has 0 radical (unpaired) electrons. The van der Waals surface area contributed by atoms with Crippen LogP contribution >= 0.6 is 0 Å². The fourth-order valence-electron chi connectivity index (χ4n) is 3.07. The Morgan fingerprint density at radius 3 is 2.52 bits per heavy atom. The van der Waals surface area contributed by atoms with E-state index in [0.29, 0.717) is 0 Å². The number of rotatable bonds is 11. The smallest absolute Gasteiger partial charge is 0.0502 e. The van der Waals surface area contributed by atoms with Gasteiger partial charge in [0.1, 0.15) is 0 Å². The molecule has 0 atom stereocenters. The van der Waals surface area contributed by atoms with Crippen molar-refractivity contribution < 1.29 is 4.74 Å². The second-order valence-electron chi connectivity index (χ2n) is 6.15. The Morgan fingerprint density at radius 2 is 1.91 bits per heavy atom. The molecule has 2 nitrogen and oxygen atoms in total. The van der Waals surface area contributed by atoms with E-state index in [-0.39, 0.29) is 0 Å². The monoisotopic (exact) mass is 317 g/mol. The maximum Gasteiger partial charge on any atom is 0.0502 e. The van der Waals surface area contributed by atoms with Crippen LogP contribution in [-0.2, 0) is 11.2 Å². The molecular weight excluding hydrogens is 282 g/mol. The van der Waals surface area contributed by atoms with Gasteiger partial charge in [-0.25, -0.2) is 0 Å². The summed E-state index contributed by atoms with van der Waals surface area (Å²) < 4.78 is 5.31. The van der Waals surface area contributed by atoms with Gasteiger partial charge in [0.15, 0.2) is 0 Å². The fourth-order valence-corrected chi connectivity index (χ4v) is 3.07. The average Bonchev–Trinajstić information content (AvgIpc) is 2.57. The normalized spacial score (nSPS) is 12.2. The first-order valence-corrected chi connectivity index (χ1v) is 9.16. The molecule has 1 rings (SSSR count). The number of aryl methyl sites for hydroxylation is 1. The molecule has 0 unspecified atom stereocenters. The Kier molecular flexibility index (Phi) is 9.89. The topological polar surface area (TPSA) is 12.5 Å². The lowest BCUT2D eigenvalue weighted by Gasteiger charge is -2.21. The van der Waals surface area contributed by atoms with Gasteiger partial charge in [0.25, 0.3) is 0 Å². The number of hydrogen-bond donors (Lipinski definition) is 0. The van der Waals surface area contributed by atoms with Crippen molar-refractivity contribution in [3.63, 3.8) is 0 Å². The predicted octanol–water partition coefficient (Wildman–Crippen LogP) is 5.10. The van der Waals surface area contributed by atoms with Gasteiger partial charge < -0.3 is 9.64 Å². The summed E-state index contributed by atoms with van der Waals surface area (Å²) >= 11 is 0. The van der Waals surface area contributed by atoms with Crippen molar-refractivity contribution in [3.05, 3.63) is 41.0 Å². The third kappa shape index (κ3) is 6.48. The van der Waals surface area contributed by atoms with Gasteiger partial charge in [0, 0.05) is 13.7 Å². The maximum absolute atomic E-state index is 5.31. The Hall–Kier alpha value is -1.12. The van der Waals surface area contributed by atoms with Gasteiger partial charge in [0.05, 0.1) is 6.61 Å². The molecule has 0 spiro atoms. The van der Waals surface area contributed by atoms with Crippen molar-refractivity contribution in [2.24, 2.45) is 0 Å². The number of ether oxygens (including phenoxy) is 1. The van der Waals surface area contributed by atoms with Crippen molar-refractivity contribution in [3.8, 4) is 0 Å². The highest BCUT2D eigenvalue weighted by Gasteiger charge is 2.12. The van der Waals surface area contributed by atoms with E-state index in [2.05, 4.69) is 56.9 Å². The first-order valence-electron chi connectivity index (χ1n) is 9.16. The zero-order valence-electron chi connectivity index (χ0n) is 15.8. The summed E-state index contributed by atoms with van der Waals surface area (Å²) in [5.74, 6) is 0. The van der Waals surface area contributed by atoms with Crippen LogP contribution in [0, 0.1) is 6.92 Å². The van der Waals surface area contributed by atoms with Crippen molar-refractivity contribution in [1.29, 1.82) is 0 Å². The molecule has 0 amide bonds. The quantitative estimate of drug-likeness (QED) is 0.563. The highest BCUT2D eigenvalue weighted by molar-refractivity contribution is 5.71. The average molecular weight is 318 g/mol. The predicted molar refractivity (Wildman–Crippen MR) is 102 cm³/mol. The van der Waals surface area contributed by atoms with Crippen LogP contribution in [0.2, 0.25) is 0 Å². The van der Waals surface area contributed by atoms with E-state index >= 15 is 0 Å². The number of hydrogen-bond acceptors (Lipinski definition) is 2. The van der Waals surface area contributed by atoms with Gasteiger partial charge in [-0.2, -0.15) is 0 Å². The van der Waals surface area contributed by atoms with Crippen molar-refractivity contribution in [2.75, 3.05) is 33.4 Å². The van der Waals surface area contributed by atoms with Crippen molar-refractivity contribution >= 4 is 5.57 Å². The molecule has 2 heteroatoms. The van der Waals surface area contributed by atoms with Crippen LogP contribution in [0.3, 0.4) is 0 Å². The summed E-state index contributed by atoms with van der Waals surface area (Å²) in [6.45, 7) is 13.2. The molecule has 0 aliphatic rings. The summed E-state index contributed by atoms with van der Waals surface area (Å²) in [5.41, 5.74) is 5.79. The lowest BCUT2D eigenvalue weighted by atomic mass is 9.90. The molecule has 0 N–H and O–H groups in total. The van der Waals surface area contributed by atoms with Gasteiger partial charge in [-0.05, 0) is 61.5 Å². The molecule has 1 aromatic rings. The zero-order chi connectivity index (χ0) is 17.1. The van der Waals surface area contributed by atoms with E-state index in [1.165, 1.54) is 28.7 Å². The number of benzene rings is 1. The summed E-state index contributed by atoms with van der Waals surface area (Å²) in [5, 5.41) is 0. The van der Waals surface area contributed by atoms with Gasteiger partial charge in [-0.1, -0.05) is 51.5 Å². The van der Waals surface area contributed by atoms with Crippen LogP contribution < -0.4 is 0 Å².